The number of halogens is 2. The first-order valence-electron chi connectivity index (χ1n) is 6.08. The third-order valence-electron chi connectivity index (χ3n) is 2.97. The molecule has 0 saturated heterocycles. The van der Waals surface area contributed by atoms with Crippen LogP contribution in [0.1, 0.15) is 12.5 Å². The Bertz CT molecular complexity index is 574. The molecule has 0 aromatic heterocycles. The molecule has 2 aromatic carbocycles. The molecule has 0 saturated carbocycles. The third kappa shape index (κ3) is 2.88. The number of benzene rings is 2. The Hall–Kier alpha value is -1.58. The van der Waals surface area contributed by atoms with E-state index in [2.05, 4.69) is 0 Å². The summed E-state index contributed by atoms with van der Waals surface area (Å²) >= 11 is 6.00. The molecule has 0 amide bonds. The number of para-hydroxylation sites is 1. The van der Waals surface area contributed by atoms with Crippen molar-refractivity contribution in [2.75, 3.05) is 11.4 Å². The van der Waals surface area contributed by atoms with Crippen molar-refractivity contribution in [1.29, 1.82) is 0 Å². The minimum absolute atomic E-state index is 0.114. The minimum Gasteiger partial charge on any atom is -0.392 e. The molecular weight excluding hydrogens is 265 g/mol. The van der Waals surface area contributed by atoms with E-state index in [1.54, 1.807) is 41.3 Å². The SMILES string of the molecule is CCN(c1ccccc1F)c1cc(Cl)ccc1CO. The van der Waals surface area contributed by atoms with Crippen molar-refractivity contribution < 1.29 is 9.50 Å². The molecule has 0 heterocycles. The summed E-state index contributed by atoms with van der Waals surface area (Å²) in [5.41, 5.74) is 1.92. The van der Waals surface area contributed by atoms with Gasteiger partial charge in [0.05, 0.1) is 12.3 Å². The largest absolute Gasteiger partial charge is 0.392 e. The maximum atomic E-state index is 13.9. The second-order valence-corrected chi connectivity index (χ2v) is 4.56. The lowest BCUT2D eigenvalue weighted by atomic mass is 10.1. The van der Waals surface area contributed by atoms with Crippen LogP contribution in [0.4, 0.5) is 15.8 Å². The molecule has 0 spiro atoms. The molecular formula is C15H15ClFNO. The van der Waals surface area contributed by atoms with E-state index in [4.69, 9.17) is 11.6 Å². The van der Waals surface area contributed by atoms with Crippen LogP contribution in [0.5, 0.6) is 0 Å². The van der Waals surface area contributed by atoms with Crippen molar-refractivity contribution >= 4 is 23.0 Å². The van der Waals surface area contributed by atoms with Gasteiger partial charge in [0.1, 0.15) is 5.82 Å². The predicted molar refractivity (Wildman–Crippen MR) is 76.5 cm³/mol. The van der Waals surface area contributed by atoms with Crippen molar-refractivity contribution in [2.24, 2.45) is 0 Å². The minimum atomic E-state index is -0.298. The summed E-state index contributed by atoms with van der Waals surface area (Å²) in [6, 6.07) is 11.8. The number of hydrogen-bond donors (Lipinski definition) is 1. The number of rotatable bonds is 4. The van der Waals surface area contributed by atoms with Gasteiger partial charge >= 0.3 is 0 Å². The fraction of sp³-hybridized carbons (Fsp3) is 0.200. The van der Waals surface area contributed by atoms with Gasteiger partial charge in [0.25, 0.3) is 0 Å². The number of hydrogen-bond acceptors (Lipinski definition) is 2. The van der Waals surface area contributed by atoms with Gasteiger partial charge in [-0.15, -0.1) is 0 Å². The van der Waals surface area contributed by atoms with E-state index in [-0.39, 0.29) is 12.4 Å². The first-order valence-corrected chi connectivity index (χ1v) is 6.46. The van der Waals surface area contributed by atoms with E-state index < -0.39 is 0 Å². The second kappa shape index (κ2) is 6.04. The molecule has 100 valence electrons. The highest BCUT2D eigenvalue weighted by Crippen LogP contribution is 2.32. The van der Waals surface area contributed by atoms with Gasteiger partial charge in [-0.1, -0.05) is 29.8 Å². The van der Waals surface area contributed by atoms with Crippen LogP contribution in [0, 0.1) is 5.82 Å². The summed E-state index contributed by atoms with van der Waals surface area (Å²) in [7, 11) is 0. The van der Waals surface area contributed by atoms with Crippen LogP contribution in [-0.4, -0.2) is 11.7 Å². The van der Waals surface area contributed by atoms with E-state index in [0.29, 0.717) is 17.3 Å². The average molecular weight is 280 g/mol. The number of aliphatic hydroxyl groups excluding tert-OH is 1. The van der Waals surface area contributed by atoms with Gasteiger partial charge in [-0.25, -0.2) is 4.39 Å². The monoisotopic (exact) mass is 279 g/mol. The molecule has 4 heteroatoms. The number of aliphatic hydroxyl groups is 1. The third-order valence-corrected chi connectivity index (χ3v) is 3.20. The summed E-state index contributed by atoms with van der Waals surface area (Å²) in [6.07, 6.45) is 0. The number of nitrogens with zero attached hydrogens (tertiary/aromatic N) is 1. The molecule has 0 unspecified atom stereocenters. The summed E-state index contributed by atoms with van der Waals surface area (Å²) in [4.78, 5) is 1.80. The van der Waals surface area contributed by atoms with Crippen molar-refractivity contribution in [1.82, 2.24) is 0 Å². The van der Waals surface area contributed by atoms with E-state index >= 15 is 0 Å². The van der Waals surface area contributed by atoms with Crippen LogP contribution in [0.25, 0.3) is 0 Å². The van der Waals surface area contributed by atoms with E-state index in [9.17, 15) is 9.50 Å². The Morgan fingerprint density at radius 1 is 1.16 bits per heavy atom. The Labute approximate surface area is 117 Å². The molecule has 0 aliphatic carbocycles. The van der Waals surface area contributed by atoms with Crippen molar-refractivity contribution in [3.05, 3.63) is 58.9 Å². The molecule has 19 heavy (non-hydrogen) atoms. The maximum absolute atomic E-state index is 13.9. The lowest BCUT2D eigenvalue weighted by molar-refractivity contribution is 0.282. The van der Waals surface area contributed by atoms with E-state index in [1.807, 2.05) is 6.92 Å². The van der Waals surface area contributed by atoms with Crippen molar-refractivity contribution in [2.45, 2.75) is 13.5 Å². The lowest BCUT2D eigenvalue weighted by Crippen LogP contribution is -2.19. The molecule has 0 fully saturated rings. The summed E-state index contributed by atoms with van der Waals surface area (Å²) in [5, 5.41) is 9.96. The fourth-order valence-corrected chi connectivity index (χ4v) is 2.23. The topological polar surface area (TPSA) is 23.5 Å². The fourth-order valence-electron chi connectivity index (χ4n) is 2.06. The van der Waals surface area contributed by atoms with Crippen molar-refractivity contribution in [3.63, 3.8) is 0 Å². The molecule has 0 aliphatic heterocycles. The molecule has 2 rings (SSSR count). The van der Waals surface area contributed by atoms with E-state index in [1.165, 1.54) is 6.07 Å². The molecule has 0 radical (unpaired) electrons. The second-order valence-electron chi connectivity index (χ2n) is 4.13. The molecule has 2 aromatic rings. The van der Waals surface area contributed by atoms with Gasteiger partial charge in [0.15, 0.2) is 0 Å². The summed E-state index contributed by atoms with van der Waals surface area (Å²) in [6.45, 7) is 2.39. The quantitative estimate of drug-likeness (QED) is 0.910. The van der Waals surface area contributed by atoms with Gasteiger partial charge in [0, 0.05) is 22.8 Å². The van der Waals surface area contributed by atoms with E-state index in [0.717, 1.165) is 11.3 Å². The highest BCUT2D eigenvalue weighted by molar-refractivity contribution is 6.30. The van der Waals surface area contributed by atoms with Crippen LogP contribution in [0.2, 0.25) is 5.02 Å². The van der Waals surface area contributed by atoms with Gasteiger partial charge in [-0.05, 0) is 31.2 Å². The Kier molecular flexibility index (Phi) is 4.40. The average Bonchev–Trinajstić information content (AvgIpc) is 2.42. The zero-order valence-corrected chi connectivity index (χ0v) is 11.4. The van der Waals surface area contributed by atoms with Crippen LogP contribution in [0.15, 0.2) is 42.5 Å². The maximum Gasteiger partial charge on any atom is 0.146 e. The Morgan fingerprint density at radius 3 is 2.53 bits per heavy atom. The lowest BCUT2D eigenvalue weighted by Gasteiger charge is -2.26. The highest BCUT2D eigenvalue weighted by Gasteiger charge is 2.15. The van der Waals surface area contributed by atoms with Crippen molar-refractivity contribution in [3.8, 4) is 0 Å². The molecule has 0 atom stereocenters. The normalized spacial score (nSPS) is 10.5. The standard InChI is InChI=1S/C15H15ClFNO/c1-2-18(14-6-4-3-5-13(14)17)15-9-12(16)8-7-11(15)10-19/h3-9,19H,2,10H2,1H3. The van der Waals surface area contributed by atoms with Crippen LogP contribution in [0.3, 0.4) is 0 Å². The predicted octanol–water partition coefficient (Wildman–Crippen LogP) is 4.13. The molecule has 1 N–H and O–H groups in total. The molecule has 0 bridgehead atoms. The smallest absolute Gasteiger partial charge is 0.146 e. The number of anilines is 2. The first-order chi connectivity index (χ1) is 9.17. The summed E-state index contributed by atoms with van der Waals surface area (Å²) in [5.74, 6) is -0.298. The van der Waals surface area contributed by atoms with Crippen LogP contribution in [-0.2, 0) is 6.61 Å². The molecule has 2 nitrogen and oxygen atoms in total. The first kappa shape index (κ1) is 13.8. The van der Waals surface area contributed by atoms with Gasteiger partial charge in [-0.2, -0.15) is 0 Å². The van der Waals surface area contributed by atoms with Gasteiger partial charge in [-0.3, -0.25) is 0 Å². The zero-order chi connectivity index (χ0) is 13.8. The van der Waals surface area contributed by atoms with Gasteiger partial charge < -0.3 is 10.0 Å². The molecule has 0 aliphatic rings. The highest BCUT2D eigenvalue weighted by atomic mass is 35.5. The summed E-state index contributed by atoms with van der Waals surface area (Å²) < 4.78 is 13.9. The van der Waals surface area contributed by atoms with Gasteiger partial charge in [0.2, 0.25) is 0 Å². The Balaban J connectivity index is 2.54. The zero-order valence-electron chi connectivity index (χ0n) is 10.6. The van der Waals surface area contributed by atoms with Crippen LogP contribution >= 0.6 is 11.6 Å². The Morgan fingerprint density at radius 2 is 1.89 bits per heavy atom. The van der Waals surface area contributed by atoms with Crippen LogP contribution < -0.4 is 4.90 Å².